The number of aromatic nitrogens is 7. The molecule has 0 aliphatic heterocycles. The number of hydrogen-bond donors (Lipinski definition) is 2. The number of nitrogens with zero attached hydrogens (tertiary/aromatic N) is 8. The first-order valence-corrected chi connectivity index (χ1v) is 35.2. The van der Waals surface area contributed by atoms with Crippen LogP contribution in [0.3, 0.4) is 0 Å². The zero-order valence-corrected chi connectivity index (χ0v) is 55.4. The first-order valence-electron chi connectivity index (χ1n) is 33.5. The van der Waals surface area contributed by atoms with E-state index in [-0.39, 0.29) is 0 Å². The highest BCUT2D eigenvalue weighted by atomic mass is 32.1. The molecule has 0 atom stereocenters. The van der Waals surface area contributed by atoms with Crippen LogP contribution in [0.1, 0.15) is 5.56 Å². The van der Waals surface area contributed by atoms with Crippen molar-refractivity contribution in [2.24, 2.45) is 0 Å². The standard InChI is InChI=1S/C52H30N6S.C36H23BN2O2S/c53-31-32-25-27-34(28-26-32)51-54-50(33-13-2-1-3-14-33)55-52(56-51)42-30-35(57-43-20-8-4-15-36(43)37-16-5-9-21-44(37)57)29-41-40-19-12-24-47(49(40)59-48(41)42)58-45-22-10-6-17-38(45)39-18-7-11-23-46(39)58;40-37(41)29-21-22(38-30-15-5-1-10-23(30)24-11-2-6-16-31(24)38)20-28-27-14-9-19-34(36(27)42-35(28)29)39-32-17-7-3-12-25(32)26-13-4-8-18-33(26)39/h1-30H;1-21,40-41H. The van der Waals surface area contributed by atoms with Crippen molar-refractivity contribution in [3.05, 3.63) is 315 Å². The molecule has 13 heteroatoms. The SMILES string of the molecule is N#Cc1ccc(-c2nc(-c3ccccc3)nc(-c3cc(-n4c5ccccc5c5ccccc54)cc4c3sc3c(-n5c6ccccc6c6ccccc65)cccc34)n2)cc1.OB(O)c1cc(-n2c3ccccc3c3ccccc32)cc2c1sc1c(-n3c4ccccc4c4ccccc43)cccc12. The molecule has 14 aromatic carbocycles. The minimum Gasteiger partial charge on any atom is -0.423 e. The molecule has 2 N–H and O–H groups in total. The Hall–Kier alpha value is -12.8. The van der Waals surface area contributed by atoms with Gasteiger partial charge in [0.15, 0.2) is 17.5 Å². The molecule has 0 radical (unpaired) electrons. The van der Waals surface area contributed by atoms with Crippen molar-refractivity contribution < 1.29 is 10.0 Å². The molecule has 0 amide bonds. The number of para-hydroxylation sites is 8. The molecular weight excluding hydrogens is 1280 g/mol. The third-order valence-electron chi connectivity index (χ3n) is 19.9. The fraction of sp³-hybridized carbons (Fsp3) is 0. The molecule has 101 heavy (non-hydrogen) atoms. The fourth-order valence-electron chi connectivity index (χ4n) is 15.5. The van der Waals surface area contributed by atoms with Crippen LogP contribution in [-0.2, 0) is 0 Å². The van der Waals surface area contributed by atoms with Gasteiger partial charge in [-0.15, -0.1) is 22.7 Å². The summed E-state index contributed by atoms with van der Waals surface area (Å²) in [7, 11) is -1.61. The van der Waals surface area contributed by atoms with Crippen molar-refractivity contribution in [2.45, 2.75) is 0 Å². The Morgan fingerprint density at radius 3 is 1.01 bits per heavy atom. The van der Waals surface area contributed by atoms with Crippen LogP contribution in [-0.4, -0.2) is 50.4 Å². The molecular formula is C88H53BN8O2S2. The predicted octanol–water partition coefficient (Wildman–Crippen LogP) is 21.2. The Morgan fingerprint density at radius 1 is 0.287 bits per heavy atom. The molecule has 0 aliphatic rings. The van der Waals surface area contributed by atoms with E-state index >= 15 is 0 Å². The summed E-state index contributed by atoms with van der Waals surface area (Å²) < 4.78 is 13.6. The van der Waals surface area contributed by atoms with Crippen LogP contribution < -0.4 is 5.46 Å². The second kappa shape index (κ2) is 23.2. The molecule has 0 spiro atoms. The zero-order valence-electron chi connectivity index (χ0n) is 53.8. The minimum atomic E-state index is -1.61. The number of thiophene rings is 2. The van der Waals surface area contributed by atoms with Gasteiger partial charge in [0, 0.05) is 108 Å². The lowest BCUT2D eigenvalue weighted by Crippen LogP contribution is -2.30. The summed E-state index contributed by atoms with van der Waals surface area (Å²) in [6, 6.07) is 110. The molecule has 21 aromatic rings. The fourth-order valence-corrected chi connectivity index (χ4v) is 18.1. The van der Waals surface area contributed by atoms with Gasteiger partial charge in [-0.05, 0) is 109 Å². The van der Waals surface area contributed by atoms with Crippen molar-refractivity contribution in [1.29, 1.82) is 5.26 Å². The maximum Gasteiger partial charge on any atom is 0.489 e. The summed E-state index contributed by atoms with van der Waals surface area (Å²) in [5.41, 5.74) is 16.9. The molecule has 0 saturated heterocycles. The van der Waals surface area contributed by atoms with Gasteiger partial charge < -0.3 is 28.3 Å². The Balaban J connectivity index is 0.000000144. The summed E-state index contributed by atoms with van der Waals surface area (Å²) in [6.45, 7) is 0. The number of benzene rings is 14. The van der Waals surface area contributed by atoms with Crippen LogP contribution in [0.15, 0.2) is 309 Å². The monoisotopic (exact) mass is 1330 g/mol. The highest BCUT2D eigenvalue weighted by Gasteiger charge is 2.26. The van der Waals surface area contributed by atoms with Gasteiger partial charge in [0.05, 0.1) is 76.5 Å². The number of nitriles is 1. The van der Waals surface area contributed by atoms with Gasteiger partial charge >= 0.3 is 7.12 Å². The van der Waals surface area contributed by atoms with E-state index in [4.69, 9.17) is 15.0 Å². The summed E-state index contributed by atoms with van der Waals surface area (Å²) in [6.07, 6.45) is 0. The predicted molar refractivity (Wildman–Crippen MR) is 420 cm³/mol. The van der Waals surface area contributed by atoms with Crippen molar-refractivity contribution in [3.8, 4) is 63.0 Å². The molecule has 0 saturated carbocycles. The van der Waals surface area contributed by atoms with Crippen LogP contribution in [0, 0.1) is 11.3 Å². The van der Waals surface area contributed by atoms with Gasteiger partial charge in [-0.1, -0.05) is 200 Å². The van der Waals surface area contributed by atoms with Crippen molar-refractivity contribution in [3.63, 3.8) is 0 Å². The van der Waals surface area contributed by atoms with Gasteiger partial charge in [-0.25, -0.2) is 15.0 Å². The Morgan fingerprint density at radius 2 is 0.614 bits per heavy atom. The van der Waals surface area contributed by atoms with E-state index in [1.54, 1.807) is 22.7 Å². The first kappa shape index (κ1) is 58.4. The first-order chi connectivity index (χ1) is 49.9. The lowest BCUT2D eigenvalue weighted by molar-refractivity contribution is 0.426. The highest BCUT2D eigenvalue weighted by Crippen LogP contribution is 2.48. The largest absolute Gasteiger partial charge is 0.489 e. The number of fused-ring (bicyclic) bond motifs is 18. The van der Waals surface area contributed by atoms with E-state index in [1.165, 1.54) is 58.8 Å². The smallest absolute Gasteiger partial charge is 0.423 e. The molecule has 7 aromatic heterocycles. The Kier molecular flexibility index (Phi) is 13.4. The molecule has 472 valence electrons. The Labute approximate surface area is 585 Å². The topological polar surface area (TPSA) is 123 Å². The molecule has 7 heterocycles. The number of rotatable bonds is 8. The van der Waals surface area contributed by atoms with E-state index in [9.17, 15) is 15.3 Å². The maximum atomic E-state index is 10.7. The number of hydrogen-bond acceptors (Lipinski definition) is 8. The maximum absolute atomic E-state index is 10.7. The van der Waals surface area contributed by atoms with E-state index in [0.717, 1.165) is 108 Å². The second-order valence-corrected chi connectivity index (χ2v) is 27.5. The second-order valence-electron chi connectivity index (χ2n) is 25.5. The molecule has 0 fully saturated rings. The third-order valence-corrected chi connectivity index (χ3v) is 22.5. The molecule has 21 rings (SSSR count). The molecule has 0 unspecified atom stereocenters. The van der Waals surface area contributed by atoms with Gasteiger partial charge in [0.1, 0.15) is 0 Å². The van der Waals surface area contributed by atoms with Crippen LogP contribution in [0.2, 0.25) is 0 Å². The third kappa shape index (κ3) is 9.14. The summed E-state index contributed by atoms with van der Waals surface area (Å²) in [5, 5.41) is 44.9. The van der Waals surface area contributed by atoms with Gasteiger partial charge in [-0.3, -0.25) is 0 Å². The lowest BCUT2D eigenvalue weighted by Gasteiger charge is -2.13. The highest BCUT2D eigenvalue weighted by molar-refractivity contribution is 7.27. The minimum absolute atomic E-state index is 0.513. The van der Waals surface area contributed by atoms with E-state index in [1.807, 2.05) is 60.7 Å². The van der Waals surface area contributed by atoms with Gasteiger partial charge in [0.2, 0.25) is 0 Å². The summed E-state index contributed by atoms with van der Waals surface area (Å²) in [4.78, 5) is 15.6. The summed E-state index contributed by atoms with van der Waals surface area (Å²) >= 11 is 3.40. The van der Waals surface area contributed by atoms with Crippen molar-refractivity contribution in [1.82, 2.24) is 33.2 Å². The average molecular weight is 1330 g/mol. The lowest BCUT2D eigenvalue weighted by atomic mass is 9.79. The molecule has 0 aliphatic carbocycles. The Bertz CT molecular complexity index is 6820. The van der Waals surface area contributed by atoms with Crippen LogP contribution >= 0.6 is 22.7 Å². The average Bonchev–Trinajstić information content (AvgIpc) is 1.59. The molecule has 10 nitrogen and oxygen atoms in total. The zero-order chi connectivity index (χ0) is 67.0. The van der Waals surface area contributed by atoms with Crippen LogP contribution in [0.25, 0.3) is 184 Å². The van der Waals surface area contributed by atoms with Crippen molar-refractivity contribution in [2.75, 3.05) is 0 Å². The van der Waals surface area contributed by atoms with Gasteiger partial charge in [0.25, 0.3) is 0 Å². The van der Waals surface area contributed by atoms with Crippen LogP contribution in [0.4, 0.5) is 0 Å². The van der Waals surface area contributed by atoms with Crippen molar-refractivity contribution >= 4 is 163 Å². The quantitative estimate of drug-likeness (QED) is 0.146. The van der Waals surface area contributed by atoms with Gasteiger partial charge in [-0.2, -0.15) is 5.26 Å². The summed E-state index contributed by atoms with van der Waals surface area (Å²) in [5.74, 6) is 1.70. The van der Waals surface area contributed by atoms with E-state index in [2.05, 4.69) is 273 Å². The van der Waals surface area contributed by atoms with E-state index in [0.29, 0.717) is 28.5 Å². The normalized spacial score (nSPS) is 11.9. The van der Waals surface area contributed by atoms with Crippen LogP contribution in [0.5, 0.6) is 0 Å². The molecule has 0 bridgehead atoms. The van der Waals surface area contributed by atoms with E-state index < -0.39 is 7.12 Å².